The molecule has 0 spiro atoms. The first-order chi connectivity index (χ1) is 28.6. The average molecular weight is 842 g/mol. The maximum Gasteiger partial charge on any atom is 0.259 e. The maximum absolute atomic E-state index is 15.1. The molecule has 16 heteroatoms. The van der Waals surface area contributed by atoms with Crippen LogP contribution in [-0.2, 0) is 24.4 Å². The first-order valence-electron chi connectivity index (χ1n) is 21.0. The Balaban J connectivity index is 1.13. The zero-order valence-electron chi connectivity index (χ0n) is 34.8. The summed E-state index contributed by atoms with van der Waals surface area (Å²) < 4.78 is 40.9. The highest BCUT2D eigenvalue weighted by Gasteiger charge is 2.62. The number of likely N-dealkylation sites (N-methyl/N-ethyl adjacent to an activating group) is 1. The minimum Gasteiger partial charge on any atom is -0.489 e. The van der Waals surface area contributed by atoms with E-state index in [0.29, 0.717) is 49.1 Å². The Hall–Kier alpha value is -5.38. The van der Waals surface area contributed by atoms with Crippen molar-refractivity contribution in [3.63, 3.8) is 0 Å². The molecular weight excluding hydrogens is 787 g/mol. The summed E-state index contributed by atoms with van der Waals surface area (Å²) in [5, 5.41) is 6.87. The Kier molecular flexibility index (Phi) is 11.2. The smallest absolute Gasteiger partial charge is 0.259 e. The number of nitrogens with one attached hydrogen (secondary N) is 3. The lowest BCUT2D eigenvalue weighted by Crippen LogP contribution is -2.59. The summed E-state index contributed by atoms with van der Waals surface area (Å²) in [5.74, 6) is -1.83. The van der Waals surface area contributed by atoms with E-state index in [0.717, 1.165) is 35.5 Å². The molecule has 7 atom stereocenters. The Morgan fingerprint density at radius 1 is 1.02 bits per heavy atom. The van der Waals surface area contributed by atoms with Crippen LogP contribution in [0.5, 0.6) is 11.6 Å². The fourth-order valence-corrected chi connectivity index (χ4v) is 10.3. The van der Waals surface area contributed by atoms with Crippen molar-refractivity contribution in [2.75, 3.05) is 50.6 Å². The number of rotatable bonds is 8. The molecule has 5 aliphatic rings. The molecule has 60 heavy (non-hydrogen) atoms. The van der Waals surface area contributed by atoms with Gasteiger partial charge in [-0.2, -0.15) is 0 Å². The molecule has 2 saturated carbocycles. The number of sulfonamides is 1. The number of anilines is 2. The highest BCUT2D eigenvalue weighted by atomic mass is 32.2. The highest BCUT2D eigenvalue weighted by Crippen LogP contribution is 2.46. The van der Waals surface area contributed by atoms with Crippen molar-refractivity contribution < 1.29 is 37.1 Å². The van der Waals surface area contributed by atoms with Crippen molar-refractivity contribution in [1.29, 1.82) is 0 Å². The molecule has 2 aromatic carbocycles. The topological polar surface area (TPSA) is 180 Å². The first kappa shape index (κ1) is 41.4. The Bertz CT molecular complexity index is 2320. The van der Waals surface area contributed by atoms with Gasteiger partial charge in [0.1, 0.15) is 30.3 Å². The summed E-state index contributed by atoms with van der Waals surface area (Å²) in [5.41, 5.74) is 0.735. The highest BCUT2D eigenvalue weighted by molar-refractivity contribution is 7.91. The molecule has 1 saturated heterocycles. The van der Waals surface area contributed by atoms with E-state index in [1.807, 2.05) is 75.5 Å². The molecule has 3 N–H and O–H groups in total. The number of benzene rings is 2. The lowest BCUT2D eigenvalue weighted by molar-refractivity contribution is -0.142. The fraction of sp³-hybridized carbons (Fsp3) is 0.523. The second-order valence-electron chi connectivity index (χ2n) is 17.5. The van der Waals surface area contributed by atoms with E-state index in [1.165, 1.54) is 4.90 Å². The van der Waals surface area contributed by atoms with Crippen LogP contribution in [0.4, 0.5) is 11.4 Å². The standard InChI is InChI=1S/C44H55N7O8S/c1-26-8-6-7-9-29-24-44(29,43(55)48-60(56,57)32-14-15-32)47-40(53)36-23-31(59-41-34-16-17-35-38(33(34)18-19-45-41)58-21-20-50(35)5)25-51(36)42(54)37(27(2)22-26)46-39(52)28-10-12-30(13-11-28)49(3)4/h7,9-13,16-19,26-27,29,31-32,36-37H,6,8,14-15,20-25H2,1-5H3,(H,46,52)(H,47,53)(H,48,55)/b9-7-/t26-,27-,29-,31-,36+,37+,44-/m1/s1. The van der Waals surface area contributed by atoms with Gasteiger partial charge in [0, 0.05) is 61.7 Å². The maximum atomic E-state index is 15.1. The summed E-state index contributed by atoms with van der Waals surface area (Å²) in [6.45, 7) is 5.31. The van der Waals surface area contributed by atoms with Crippen LogP contribution in [0.1, 0.15) is 69.2 Å². The SMILES string of the molecule is C[C@@H]1CC/C=C\[C@@H]2C[C@@]2(C(=O)NS(=O)(=O)C2CC2)NC(=O)[C@@H]2C[C@@H](Oc3nccc4c5c(ccc34)N(C)CCO5)CN2C(=O)[C@@H](NC(=O)c2ccc(N(C)C)cc2)[C@H](C)C1. The summed E-state index contributed by atoms with van der Waals surface area (Å²) in [7, 11) is 1.92. The van der Waals surface area contributed by atoms with Crippen LogP contribution in [-0.4, -0.2) is 112 Å². The largest absolute Gasteiger partial charge is 0.489 e. The molecule has 15 nitrogen and oxygen atoms in total. The molecule has 3 aliphatic heterocycles. The van der Waals surface area contributed by atoms with Gasteiger partial charge in [-0.25, -0.2) is 13.4 Å². The van der Waals surface area contributed by atoms with Crippen molar-refractivity contribution in [2.24, 2.45) is 17.8 Å². The average Bonchev–Trinajstić information content (AvgIpc) is 4.15. The number of hydrogen-bond donors (Lipinski definition) is 3. The zero-order valence-corrected chi connectivity index (χ0v) is 35.7. The number of carbonyl (C=O) groups is 4. The van der Waals surface area contributed by atoms with E-state index in [-0.39, 0.29) is 31.2 Å². The van der Waals surface area contributed by atoms with Gasteiger partial charge in [-0.15, -0.1) is 0 Å². The van der Waals surface area contributed by atoms with Crippen LogP contribution in [0.25, 0.3) is 10.8 Å². The van der Waals surface area contributed by atoms with Gasteiger partial charge in [-0.05, 0) is 92.8 Å². The molecule has 320 valence electrons. The van der Waals surface area contributed by atoms with Crippen LogP contribution in [0, 0.1) is 17.8 Å². The summed E-state index contributed by atoms with van der Waals surface area (Å²) in [6.07, 6.45) is 8.08. The van der Waals surface area contributed by atoms with Gasteiger partial charge in [-0.3, -0.25) is 23.9 Å². The molecule has 2 aliphatic carbocycles. The van der Waals surface area contributed by atoms with Gasteiger partial charge in [0.2, 0.25) is 27.7 Å². The van der Waals surface area contributed by atoms with Crippen LogP contribution in [0.2, 0.25) is 0 Å². The number of aromatic nitrogens is 1. The van der Waals surface area contributed by atoms with Gasteiger partial charge in [0.15, 0.2) is 5.75 Å². The number of fused-ring (bicyclic) bond motifs is 5. The molecule has 0 bridgehead atoms. The molecular formula is C44H55N7O8S. The molecule has 0 unspecified atom stereocenters. The van der Waals surface area contributed by atoms with Crippen molar-refractivity contribution in [3.8, 4) is 11.6 Å². The molecule has 4 amide bonds. The Labute approximate surface area is 351 Å². The monoisotopic (exact) mass is 841 g/mol. The molecule has 0 radical (unpaired) electrons. The molecule has 8 rings (SSSR count). The Morgan fingerprint density at radius 3 is 2.52 bits per heavy atom. The predicted octanol–water partition coefficient (Wildman–Crippen LogP) is 3.77. The summed E-state index contributed by atoms with van der Waals surface area (Å²) >= 11 is 0. The number of allylic oxidation sites excluding steroid dienone is 1. The second-order valence-corrected chi connectivity index (χ2v) is 19.5. The molecule has 3 aromatic rings. The first-order valence-corrected chi connectivity index (χ1v) is 22.6. The van der Waals surface area contributed by atoms with E-state index >= 15 is 4.79 Å². The number of hydrogen-bond acceptors (Lipinski definition) is 11. The van der Waals surface area contributed by atoms with Gasteiger partial charge in [-0.1, -0.05) is 26.0 Å². The second kappa shape index (κ2) is 16.2. The van der Waals surface area contributed by atoms with Gasteiger partial charge < -0.3 is 34.8 Å². The van der Waals surface area contributed by atoms with Crippen molar-refractivity contribution in [2.45, 2.75) is 87.8 Å². The number of ether oxygens (including phenoxy) is 2. The summed E-state index contributed by atoms with van der Waals surface area (Å²) in [4.78, 5) is 67.6. The van der Waals surface area contributed by atoms with Crippen LogP contribution >= 0.6 is 0 Å². The van der Waals surface area contributed by atoms with E-state index in [4.69, 9.17) is 9.47 Å². The van der Waals surface area contributed by atoms with Crippen LogP contribution in [0.3, 0.4) is 0 Å². The zero-order chi connectivity index (χ0) is 42.5. The van der Waals surface area contributed by atoms with Gasteiger partial charge in [0.05, 0.1) is 24.0 Å². The van der Waals surface area contributed by atoms with Gasteiger partial charge in [0.25, 0.3) is 11.8 Å². The minimum absolute atomic E-state index is 0.00999. The fourth-order valence-electron chi connectivity index (χ4n) is 8.93. The Morgan fingerprint density at radius 2 is 1.78 bits per heavy atom. The van der Waals surface area contributed by atoms with E-state index in [2.05, 4.69) is 32.2 Å². The minimum atomic E-state index is -3.91. The van der Waals surface area contributed by atoms with E-state index in [9.17, 15) is 22.8 Å². The van der Waals surface area contributed by atoms with Crippen LogP contribution < -0.4 is 34.6 Å². The van der Waals surface area contributed by atoms with Gasteiger partial charge >= 0.3 is 0 Å². The molecule has 4 heterocycles. The third-order valence-corrected chi connectivity index (χ3v) is 14.6. The summed E-state index contributed by atoms with van der Waals surface area (Å²) in [6, 6.07) is 10.7. The predicted molar refractivity (Wildman–Crippen MR) is 227 cm³/mol. The van der Waals surface area contributed by atoms with E-state index < -0.39 is 68.5 Å². The van der Waals surface area contributed by atoms with E-state index in [1.54, 1.807) is 18.3 Å². The third-order valence-electron chi connectivity index (χ3n) is 12.8. The van der Waals surface area contributed by atoms with Crippen molar-refractivity contribution >= 4 is 55.8 Å². The lowest BCUT2D eigenvalue weighted by Gasteiger charge is -2.33. The van der Waals surface area contributed by atoms with Crippen LogP contribution in [0.15, 0.2) is 60.8 Å². The van der Waals surface area contributed by atoms with Crippen molar-refractivity contribution in [1.82, 2.24) is 25.2 Å². The quantitative estimate of drug-likeness (QED) is 0.281. The van der Waals surface area contributed by atoms with Crippen molar-refractivity contribution in [3.05, 3.63) is 66.4 Å². The number of carbonyl (C=O) groups excluding carboxylic acids is 4. The normalized spacial score (nSPS) is 28.8. The lowest BCUT2D eigenvalue weighted by atomic mass is 9.87. The molecule has 3 fully saturated rings. The third kappa shape index (κ3) is 8.22. The molecule has 1 aromatic heterocycles. The number of nitrogens with zero attached hydrogens (tertiary/aromatic N) is 4. The number of pyridine rings is 1. The number of amides is 4.